The largest absolute Gasteiger partial charge is 0.489 e. The van der Waals surface area contributed by atoms with E-state index in [1.165, 1.54) is 12.8 Å². The second-order valence-corrected chi connectivity index (χ2v) is 14.8. The molecule has 3 rings (SSSR count). The van der Waals surface area contributed by atoms with Crippen LogP contribution >= 0.6 is 11.6 Å². The van der Waals surface area contributed by atoms with Crippen molar-refractivity contribution in [2.24, 2.45) is 11.8 Å². The number of rotatable bonds is 26. The lowest BCUT2D eigenvalue weighted by Gasteiger charge is -2.27. The van der Waals surface area contributed by atoms with Crippen molar-refractivity contribution in [3.63, 3.8) is 0 Å². The zero-order chi connectivity index (χ0) is 38.8. The maximum absolute atomic E-state index is 12.6. The Kier molecular flexibility index (Phi) is 19.5. The minimum atomic E-state index is -0.649. The van der Waals surface area contributed by atoms with Crippen LogP contribution in [0.4, 0.5) is 0 Å². The second kappa shape index (κ2) is 23.5. The van der Waals surface area contributed by atoms with Crippen molar-refractivity contribution in [3.05, 3.63) is 70.8 Å². The molecule has 1 aliphatic carbocycles. The standard InChI is InChI=1S/C44H63ClO8/c1-9-15-32(11-3)21-23-48-26-35(52-43(46)30(5)6)28-50-41-37-17-13-14-18-38(37)42(40-25-34(45)19-20-39(40)41)51-29-36(53-44(47)31(7)8)27-49-24-22-33(12-4)16-10-2/h13-14,17-19,32-33,35-36H,5,7,9-12,15-16,20-29H2,1-4,6,8H3. The molecule has 0 bridgehead atoms. The number of halogens is 1. The highest BCUT2D eigenvalue weighted by Gasteiger charge is 2.27. The Morgan fingerprint density at radius 2 is 1.15 bits per heavy atom. The number of carbonyl (C=O) groups excluding carboxylic acids is 2. The van der Waals surface area contributed by atoms with Crippen molar-refractivity contribution in [2.45, 2.75) is 118 Å². The molecule has 0 aromatic heterocycles. The summed E-state index contributed by atoms with van der Waals surface area (Å²) < 4.78 is 36.9. The van der Waals surface area contributed by atoms with E-state index in [0.717, 1.165) is 60.4 Å². The van der Waals surface area contributed by atoms with Gasteiger partial charge in [0.1, 0.15) is 24.7 Å². The SMILES string of the molecule is C=C(C)C(=O)OC(COCCC(CC)CCC)COc1c2c(c(OCC(COCCC(CC)CCC)OC(=O)C(=C)C)c3ccccc13)CC(Cl)=CC2. The number of ether oxygens (including phenoxy) is 6. The van der Waals surface area contributed by atoms with Crippen LogP contribution in [0.2, 0.25) is 0 Å². The van der Waals surface area contributed by atoms with Gasteiger partial charge in [-0.25, -0.2) is 9.59 Å². The predicted molar refractivity (Wildman–Crippen MR) is 214 cm³/mol. The molecule has 4 atom stereocenters. The summed E-state index contributed by atoms with van der Waals surface area (Å²) in [6.45, 7) is 21.3. The van der Waals surface area contributed by atoms with Crippen LogP contribution < -0.4 is 9.47 Å². The molecule has 0 radical (unpaired) electrons. The fourth-order valence-corrected chi connectivity index (χ4v) is 6.82. The third kappa shape index (κ3) is 14.1. The van der Waals surface area contributed by atoms with E-state index < -0.39 is 24.1 Å². The number of fused-ring (bicyclic) bond motifs is 2. The first-order chi connectivity index (χ1) is 25.5. The fourth-order valence-electron chi connectivity index (χ4n) is 6.60. The van der Waals surface area contributed by atoms with Crippen LogP contribution in [-0.2, 0) is 41.4 Å². The highest BCUT2D eigenvalue weighted by molar-refractivity contribution is 6.30. The van der Waals surface area contributed by atoms with Crippen molar-refractivity contribution in [1.82, 2.24) is 0 Å². The molecule has 53 heavy (non-hydrogen) atoms. The molecule has 0 amide bonds. The highest BCUT2D eigenvalue weighted by Crippen LogP contribution is 2.44. The lowest BCUT2D eigenvalue weighted by molar-refractivity contribution is -0.150. The molecular formula is C44H63ClO8. The summed E-state index contributed by atoms with van der Waals surface area (Å²) in [5.74, 6) is 1.58. The molecular weight excluding hydrogens is 692 g/mol. The summed E-state index contributed by atoms with van der Waals surface area (Å²) in [6, 6.07) is 7.87. The van der Waals surface area contributed by atoms with Crippen LogP contribution in [0.25, 0.3) is 10.8 Å². The van der Waals surface area contributed by atoms with Crippen molar-refractivity contribution in [2.75, 3.05) is 39.6 Å². The molecule has 0 aliphatic heterocycles. The fraction of sp³-hybridized carbons (Fsp3) is 0.591. The van der Waals surface area contributed by atoms with Gasteiger partial charge in [-0.2, -0.15) is 0 Å². The summed E-state index contributed by atoms with van der Waals surface area (Å²) in [5, 5.41) is 2.37. The molecule has 2 aromatic carbocycles. The zero-order valence-electron chi connectivity index (χ0n) is 33.1. The van der Waals surface area contributed by atoms with Gasteiger partial charge < -0.3 is 28.4 Å². The van der Waals surface area contributed by atoms with Crippen LogP contribution in [0.15, 0.2) is 59.7 Å². The minimum Gasteiger partial charge on any atom is -0.489 e. The van der Waals surface area contributed by atoms with Crippen LogP contribution in [0.5, 0.6) is 11.5 Å². The summed E-state index contributed by atoms with van der Waals surface area (Å²) in [5.41, 5.74) is 2.46. The van der Waals surface area contributed by atoms with Gasteiger partial charge in [0.05, 0.1) is 13.2 Å². The van der Waals surface area contributed by atoms with Crippen LogP contribution in [0.3, 0.4) is 0 Å². The first-order valence-electron chi connectivity index (χ1n) is 19.6. The van der Waals surface area contributed by atoms with E-state index in [9.17, 15) is 9.59 Å². The molecule has 0 saturated heterocycles. The maximum atomic E-state index is 12.6. The molecule has 4 unspecified atom stereocenters. The Morgan fingerprint density at radius 3 is 1.57 bits per heavy atom. The van der Waals surface area contributed by atoms with Gasteiger partial charge in [-0.05, 0) is 44.9 Å². The molecule has 1 aliphatic rings. The number of allylic oxidation sites excluding steroid dienone is 2. The van der Waals surface area contributed by atoms with Gasteiger partial charge in [-0.15, -0.1) is 0 Å². The van der Waals surface area contributed by atoms with Crippen molar-refractivity contribution in [3.8, 4) is 11.5 Å². The Balaban J connectivity index is 1.87. The molecule has 0 heterocycles. The van der Waals surface area contributed by atoms with Crippen LogP contribution in [-0.4, -0.2) is 63.8 Å². The van der Waals surface area contributed by atoms with Gasteiger partial charge in [0.25, 0.3) is 0 Å². The average molecular weight is 755 g/mol. The van der Waals surface area contributed by atoms with Gasteiger partial charge in [0.15, 0.2) is 12.2 Å². The summed E-state index contributed by atoms with van der Waals surface area (Å²) in [7, 11) is 0. The predicted octanol–water partition coefficient (Wildman–Crippen LogP) is 10.3. The zero-order valence-corrected chi connectivity index (χ0v) is 33.8. The quantitative estimate of drug-likeness (QED) is 0.0533. The Hall–Kier alpha value is -3.33. The Morgan fingerprint density at radius 1 is 0.698 bits per heavy atom. The van der Waals surface area contributed by atoms with Crippen molar-refractivity contribution >= 4 is 34.3 Å². The van der Waals surface area contributed by atoms with E-state index in [0.29, 0.717) is 65.6 Å². The molecule has 0 fully saturated rings. The smallest absolute Gasteiger partial charge is 0.333 e. The topological polar surface area (TPSA) is 89.5 Å². The monoisotopic (exact) mass is 754 g/mol. The normalized spacial score (nSPS) is 14.7. The van der Waals surface area contributed by atoms with Gasteiger partial charge in [-0.1, -0.05) is 121 Å². The summed E-state index contributed by atoms with van der Waals surface area (Å²) in [6.07, 6.45) is 10.4. The lowest BCUT2D eigenvalue weighted by atomic mass is 9.90. The number of carbonyl (C=O) groups is 2. The van der Waals surface area contributed by atoms with Gasteiger partial charge in [-0.3, -0.25) is 0 Å². The molecule has 9 heteroatoms. The van der Waals surface area contributed by atoms with Crippen LogP contribution in [0, 0.1) is 11.8 Å². The lowest BCUT2D eigenvalue weighted by Crippen LogP contribution is -2.31. The van der Waals surface area contributed by atoms with Crippen molar-refractivity contribution in [1.29, 1.82) is 0 Å². The Bertz CT molecular complexity index is 1530. The average Bonchev–Trinajstić information content (AvgIpc) is 3.14. The number of benzene rings is 2. The van der Waals surface area contributed by atoms with Crippen LogP contribution in [0.1, 0.15) is 104 Å². The molecule has 0 spiro atoms. The first kappa shape index (κ1) is 44.1. The summed E-state index contributed by atoms with van der Waals surface area (Å²) >= 11 is 6.65. The van der Waals surface area contributed by atoms with E-state index in [1.54, 1.807) is 13.8 Å². The summed E-state index contributed by atoms with van der Waals surface area (Å²) in [4.78, 5) is 25.3. The second-order valence-electron chi connectivity index (χ2n) is 14.3. The molecule has 2 aromatic rings. The molecule has 0 saturated carbocycles. The molecule has 294 valence electrons. The van der Waals surface area contributed by atoms with E-state index in [2.05, 4.69) is 40.9 Å². The first-order valence-corrected chi connectivity index (χ1v) is 19.9. The van der Waals surface area contributed by atoms with E-state index in [4.69, 9.17) is 40.0 Å². The number of hydrogen-bond donors (Lipinski definition) is 0. The van der Waals surface area contributed by atoms with Crippen molar-refractivity contribution < 1.29 is 38.0 Å². The highest BCUT2D eigenvalue weighted by atomic mass is 35.5. The van der Waals surface area contributed by atoms with E-state index >= 15 is 0 Å². The molecule has 0 N–H and O–H groups in total. The van der Waals surface area contributed by atoms with Gasteiger partial charge in [0, 0.05) is 57.7 Å². The number of esters is 2. The minimum absolute atomic E-state index is 0.0799. The van der Waals surface area contributed by atoms with Gasteiger partial charge >= 0.3 is 11.9 Å². The third-order valence-corrected chi connectivity index (χ3v) is 10.1. The Labute approximate surface area is 323 Å². The van der Waals surface area contributed by atoms with E-state index in [-0.39, 0.29) is 26.4 Å². The van der Waals surface area contributed by atoms with E-state index in [1.807, 2.05) is 30.3 Å². The third-order valence-electron chi connectivity index (χ3n) is 9.77. The van der Waals surface area contributed by atoms with Gasteiger partial charge in [0.2, 0.25) is 0 Å². The maximum Gasteiger partial charge on any atom is 0.333 e. The number of hydrogen-bond acceptors (Lipinski definition) is 8. The molecule has 8 nitrogen and oxygen atoms in total.